The van der Waals surface area contributed by atoms with Crippen molar-refractivity contribution in [3.05, 3.63) is 65.7 Å². The van der Waals surface area contributed by atoms with Gasteiger partial charge in [0, 0.05) is 32.5 Å². The van der Waals surface area contributed by atoms with Gasteiger partial charge in [0.1, 0.15) is 11.8 Å². The van der Waals surface area contributed by atoms with Crippen LogP contribution in [0.25, 0.3) is 0 Å². The number of carbonyl (C=O) groups excluding carboxylic acids is 2. The molecule has 0 aliphatic rings. The fourth-order valence-electron chi connectivity index (χ4n) is 3.41. The van der Waals surface area contributed by atoms with E-state index in [-0.39, 0.29) is 17.9 Å². The summed E-state index contributed by atoms with van der Waals surface area (Å²) in [6, 6.07) is 16.8. The minimum absolute atomic E-state index is 0.0555. The Balaban J connectivity index is 2.19. The standard InChI is InChI=1S/C26H36N2O4/c1-5-25(29)28(19-22-12-14-23(31-4)15-13-22)24(18-21-10-7-6-8-11-21)26(30)27-16-9-17-32-20(2)3/h6-8,10-15,20,24H,5,9,16-19H2,1-4H3,(H,27,30)/t24-/m0/s1. The molecule has 1 atom stereocenters. The molecule has 0 aromatic heterocycles. The number of hydrogen-bond acceptors (Lipinski definition) is 4. The van der Waals surface area contributed by atoms with Crippen LogP contribution in [0.1, 0.15) is 44.7 Å². The van der Waals surface area contributed by atoms with Gasteiger partial charge < -0.3 is 19.7 Å². The molecule has 0 aliphatic heterocycles. The minimum Gasteiger partial charge on any atom is -0.497 e. The second kappa shape index (κ2) is 13.5. The van der Waals surface area contributed by atoms with Gasteiger partial charge in [-0.25, -0.2) is 0 Å². The molecule has 2 aromatic rings. The fourth-order valence-corrected chi connectivity index (χ4v) is 3.41. The van der Waals surface area contributed by atoms with Crippen molar-refractivity contribution in [1.29, 1.82) is 0 Å². The van der Waals surface area contributed by atoms with Gasteiger partial charge in [-0.3, -0.25) is 9.59 Å². The molecule has 32 heavy (non-hydrogen) atoms. The van der Waals surface area contributed by atoms with Gasteiger partial charge in [-0.2, -0.15) is 0 Å². The molecule has 0 saturated heterocycles. The van der Waals surface area contributed by atoms with Gasteiger partial charge in [0.05, 0.1) is 13.2 Å². The molecule has 2 aromatic carbocycles. The molecule has 0 unspecified atom stereocenters. The number of nitrogens with zero attached hydrogens (tertiary/aromatic N) is 1. The number of nitrogens with one attached hydrogen (secondary N) is 1. The van der Waals surface area contributed by atoms with Crippen LogP contribution >= 0.6 is 0 Å². The summed E-state index contributed by atoms with van der Waals surface area (Å²) in [5, 5.41) is 3.01. The van der Waals surface area contributed by atoms with Crippen LogP contribution in [0.3, 0.4) is 0 Å². The Morgan fingerprint density at radius 1 is 1.00 bits per heavy atom. The lowest BCUT2D eigenvalue weighted by Gasteiger charge is -2.31. The largest absolute Gasteiger partial charge is 0.497 e. The molecular weight excluding hydrogens is 404 g/mol. The van der Waals surface area contributed by atoms with E-state index in [0.717, 1.165) is 23.3 Å². The van der Waals surface area contributed by atoms with Crippen LogP contribution in [0.15, 0.2) is 54.6 Å². The molecule has 0 heterocycles. The lowest BCUT2D eigenvalue weighted by atomic mass is 10.0. The van der Waals surface area contributed by atoms with E-state index in [0.29, 0.717) is 32.5 Å². The number of carbonyl (C=O) groups is 2. The van der Waals surface area contributed by atoms with E-state index in [1.807, 2.05) is 75.4 Å². The van der Waals surface area contributed by atoms with Crippen molar-refractivity contribution in [2.75, 3.05) is 20.3 Å². The quantitative estimate of drug-likeness (QED) is 0.479. The third-order valence-electron chi connectivity index (χ3n) is 5.16. The molecule has 0 radical (unpaired) electrons. The summed E-state index contributed by atoms with van der Waals surface area (Å²) in [4.78, 5) is 27.8. The van der Waals surface area contributed by atoms with Crippen LogP contribution in [-0.4, -0.2) is 49.1 Å². The van der Waals surface area contributed by atoms with E-state index in [1.54, 1.807) is 12.0 Å². The molecule has 0 aliphatic carbocycles. The lowest BCUT2D eigenvalue weighted by Crippen LogP contribution is -2.50. The first-order valence-electron chi connectivity index (χ1n) is 11.3. The van der Waals surface area contributed by atoms with E-state index < -0.39 is 6.04 Å². The van der Waals surface area contributed by atoms with Crippen molar-refractivity contribution >= 4 is 11.8 Å². The normalized spacial score (nSPS) is 11.8. The molecular formula is C26H36N2O4. The van der Waals surface area contributed by atoms with E-state index in [9.17, 15) is 9.59 Å². The summed E-state index contributed by atoms with van der Waals surface area (Å²) in [7, 11) is 1.62. The van der Waals surface area contributed by atoms with Crippen molar-refractivity contribution in [3.8, 4) is 5.75 Å². The van der Waals surface area contributed by atoms with Crippen molar-refractivity contribution in [3.63, 3.8) is 0 Å². The number of rotatable bonds is 13. The Labute approximate surface area is 191 Å². The highest BCUT2D eigenvalue weighted by molar-refractivity contribution is 5.87. The van der Waals surface area contributed by atoms with E-state index >= 15 is 0 Å². The number of ether oxygens (including phenoxy) is 2. The third-order valence-corrected chi connectivity index (χ3v) is 5.16. The van der Waals surface area contributed by atoms with Crippen LogP contribution in [0.4, 0.5) is 0 Å². The first-order chi connectivity index (χ1) is 15.4. The molecule has 174 valence electrons. The Bertz CT molecular complexity index is 821. The van der Waals surface area contributed by atoms with Gasteiger partial charge in [-0.1, -0.05) is 49.4 Å². The summed E-state index contributed by atoms with van der Waals surface area (Å²) >= 11 is 0. The highest BCUT2D eigenvalue weighted by Crippen LogP contribution is 2.18. The van der Waals surface area contributed by atoms with Crippen LogP contribution in [0.5, 0.6) is 5.75 Å². The Morgan fingerprint density at radius 3 is 2.28 bits per heavy atom. The van der Waals surface area contributed by atoms with Crippen molar-refractivity contribution in [2.45, 2.75) is 58.7 Å². The summed E-state index contributed by atoms with van der Waals surface area (Å²) < 4.78 is 10.8. The highest BCUT2D eigenvalue weighted by atomic mass is 16.5. The van der Waals surface area contributed by atoms with Crippen molar-refractivity contribution < 1.29 is 19.1 Å². The molecule has 0 saturated carbocycles. The van der Waals surface area contributed by atoms with Crippen LogP contribution in [-0.2, 0) is 27.3 Å². The maximum absolute atomic E-state index is 13.2. The number of amides is 2. The van der Waals surface area contributed by atoms with Gasteiger partial charge in [0.25, 0.3) is 0 Å². The SMILES string of the molecule is CCC(=O)N(Cc1ccc(OC)cc1)[C@@H](Cc1ccccc1)C(=O)NCCCOC(C)C. The maximum atomic E-state index is 13.2. The van der Waals surface area contributed by atoms with Crippen LogP contribution < -0.4 is 10.1 Å². The average Bonchev–Trinajstić information content (AvgIpc) is 2.81. The van der Waals surface area contributed by atoms with Gasteiger partial charge in [0.15, 0.2) is 0 Å². The second-order valence-electron chi connectivity index (χ2n) is 7.99. The maximum Gasteiger partial charge on any atom is 0.243 e. The minimum atomic E-state index is -0.599. The average molecular weight is 441 g/mol. The summed E-state index contributed by atoms with van der Waals surface area (Å²) in [6.45, 7) is 7.25. The fraction of sp³-hybridized carbons (Fsp3) is 0.462. The monoisotopic (exact) mass is 440 g/mol. The molecule has 0 fully saturated rings. The molecule has 0 bridgehead atoms. The number of benzene rings is 2. The first-order valence-corrected chi connectivity index (χ1v) is 11.3. The smallest absolute Gasteiger partial charge is 0.243 e. The molecule has 2 rings (SSSR count). The van der Waals surface area contributed by atoms with Gasteiger partial charge >= 0.3 is 0 Å². The topological polar surface area (TPSA) is 67.9 Å². The Hall–Kier alpha value is -2.86. The van der Waals surface area contributed by atoms with Crippen LogP contribution in [0, 0.1) is 0 Å². The Kier molecular flexibility index (Phi) is 10.7. The molecule has 6 heteroatoms. The zero-order valence-electron chi connectivity index (χ0n) is 19.7. The third kappa shape index (κ3) is 8.35. The zero-order valence-corrected chi connectivity index (χ0v) is 19.7. The van der Waals surface area contributed by atoms with Gasteiger partial charge in [-0.15, -0.1) is 0 Å². The Morgan fingerprint density at radius 2 is 1.69 bits per heavy atom. The highest BCUT2D eigenvalue weighted by Gasteiger charge is 2.29. The van der Waals surface area contributed by atoms with Crippen molar-refractivity contribution in [2.24, 2.45) is 0 Å². The first kappa shape index (κ1) is 25.4. The molecule has 6 nitrogen and oxygen atoms in total. The summed E-state index contributed by atoms with van der Waals surface area (Å²) in [6.07, 6.45) is 1.68. The zero-order chi connectivity index (χ0) is 23.3. The van der Waals surface area contributed by atoms with E-state index in [1.165, 1.54) is 0 Å². The van der Waals surface area contributed by atoms with Crippen molar-refractivity contribution in [1.82, 2.24) is 10.2 Å². The number of methoxy groups -OCH3 is 1. The van der Waals surface area contributed by atoms with E-state index in [2.05, 4.69) is 5.32 Å². The predicted molar refractivity (Wildman–Crippen MR) is 126 cm³/mol. The van der Waals surface area contributed by atoms with Gasteiger partial charge in [0.2, 0.25) is 11.8 Å². The van der Waals surface area contributed by atoms with Gasteiger partial charge in [-0.05, 0) is 43.5 Å². The van der Waals surface area contributed by atoms with E-state index in [4.69, 9.17) is 9.47 Å². The van der Waals surface area contributed by atoms with Crippen LogP contribution in [0.2, 0.25) is 0 Å². The molecule has 1 N–H and O–H groups in total. The number of hydrogen-bond donors (Lipinski definition) is 1. The predicted octanol–water partition coefficient (Wildman–Crippen LogP) is 3.98. The summed E-state index contributed by atoms with van der Waals surface area (Å²) in [5.74, 6) is 0.554. The lowest BCUT2D eigenvalue weighted by molar-refractivity contribution is -0.141. The second-order valence-corrected chi connectivity index (χ2v) is 7.99. The summed E-state index contributed by atoms with van der Waals surface area (Å²) in [5.41, 5.74) is 1.96. The molecule has 2 amide bonds. The molecule has 0 spiro atoms.